The number of aryl methyl sites for hydroxylation is 1. The Labute approximate surface area is 182 Å². The quantitative estimate of drug-likeness (QED) is 0.690. The summed E-state index contributed by atoms with van der Waals surface area (Å²) in [4.78, 5) is 2.48. The molecule has 0 spiro atoms. The number of ether oxygens (including phenoxy) is 1. The largest absolute Gasteiger partial charge is 0.384 e. The predicted molar refractivity (Wildman–Crippen MR) is 123 cm³/mol. The molecule has 1 N–H and O–H groups in total. The van der Waals surface area contributed by atoms with Crippen molar-refractivity contribution in [2.75, 3.05) is 32.8 Å². The van der Waals surface area contributed by atoms with Crippen molar-refractivity contribution in [2.45, 2.75) is 57.0 Å². The van der Waals surface area contributed by atoms with Gasteiger partial charge in [-0.05, 0) is 41.9 Å². The first-order valence-corrected chi connectivity index (χ1v) is 11.9. The summed E-state index contributed by atoms with van der Waals surface area (Å²) in [5.74, 6) is 0.345. The number of hydrogen-bond acceptors (Lipinski definition) is 3. The predicted octanol–water partition coefficient (Wildman–Crippen LogP) is 5.13. The summed E-state index contributed by atoms with van der Waals surface area (Å²) in [5, 5.41) is 12.7. The van der Waals surface area contributed by atoms with E-state index in [4.69, 9.17) is 4.74 Å². The number of nitrogens with zero attached hydrogens (tertiary/aromatic N) is 1. The molecule has 3 heteroatoms. The van der Waals surface area contributed by atoms with Crippen LogP contribution in [0.4, 0.5) is 0 Å². The fraction of sp³-hybridized carbons (Fsp3) is 0.556. The molecule has 0 unspecified atom stereocenters. The maximum Gasteiger partial charge on any atom is 0.100 e. The van der Waals surface area contributed by atoms with Gasteiger partial charge in [0.25, 0.3) is 0 Å². The van der Waals surface area contributed by atoms with Crippen LogP contribution in [0.2, 0.25) is 0 Å². The molecule has 1 aliphatic heterocycles. The summed E-state index contributed by atoms with van der Waals surface area (Å²) in [7, 11) is 0. The van der Waals surface area contributed by atoms with Gasteiger partial charge in [-0.25, -0.2) is 0 Å². The van der Waals surface area contributed by atoms with E-state index in [1.54, 1.807) is 0 Å². The van der Waals surface area contributed by atoms with Gasteiger partial charge in [0, 0.05) is 25.6 Å². The molecule has 2 atom stereocenters. The Morgan fingerprint density at radius 1 is 0.967 bits per heavy atom. The van der Waals surface area contributed by atoms with Crippen molar-refractivity contribution in [1.82, 2.24) is 4.90 Å². The molecular formula is C27H37NO2. The van der Waals surface area contributed by atoms with Crippen molar-refractivity contribution < 1.29 is 9.84 Å². The van der Waals surface area contributed by atoms with Crippen LogP contribution in [0.5, 0.6) is 0 Å². The molecule has 2 aromatic rings. The van der Waals surface area contributed by atoms with Crippen molar-refractivity contribution in [3.05, 3.63) is 71.3 Å². The van der Waals surface area contributed by atoms with Crippen molar-refractivity contribution in [3.63, 3.8) is 0 Å². The number of hydrogen-bond donors (Lipinski definition) is 1. The van der Waals surface area contributed by atoms with Gasteiger partial charge in [0.05, 0.1) is 13.2 Å². The number of aliphatic hydroxyl groups is 1. The van der Waals surface area contributed by atoms with Crippen LogP contribution in [0.25, 0.3) is 0 Å². The van der Waals surface area contributed by atoms with E-state index in [-0.39, 0.29) is 5.92 Å². The Hall–Kier alpha value is -1.68. The van der Waals surface area contributed by atoms with E-state index in [0.29, 0.717) is 5.92 Å². The Bertz CT molecular complexity index is 763. The summed E-state index contributed by atoms with van der Waals surface area (Å²) in [5.41, 5.74) is 2.81. The number of benzene rings is 2. The van der Waals surface area contributed by atoms with Crippen LogP contribution in [-0.4, -0.2) is 42.9 Å². The van der Waals surface area contributed by atoms with Gasteiger partial charge in [0.15, 0.2) is 0 Å². The fourth-order valence-corrected chi connectivity index (χ4v) is 5.50. The van der Waals surface area contributed by atoms with Gasteiger partial charge in [-0.3, -0.25) is 4.90 Å². The van der Waals surface area contributed by atoms with Crippen LogP contribution >= 0.6 is 0 Å². The van der Waals surface area contributed by atoms with Crippen molar-refractivity contribution in [2.24, 2.45) is 5.92 Å². The first kappa shape index (κ1) is 21.5. The molecule has 0 aromatic heterocycles. The standard InChI is InChI=1S/C27H37NO2/c1-2-22-13-15-25(16-14-22)27(29,24-11-7-4-8-12-24)26(23-9-5-3-6-10-23)21-28-17-19-30-20-18-28/h3,5-6,9-10,13-16,24,26,29H,2,4,7-8,11-12,17-21H2,1H3/t26-,27+/m0/s1. The molecule has 0 amide bonds. The molecule has 0 bridgehead atoms. The first-order valence-electron chi connectivity index (χ1n) is 11.9. The van der Waals surface area contributed by atoms with Crippen molar-refractivity contribution in [3.8, 4) is 0 Å². The van der Waals surface area contributed by atoms with Gasteiger partial charge in [-0.1, -0.05) is 80.8 Å². The maximum absolute atomic E-state index is 12.7. The van der Waals surface area contributed by atoms with Gasteiger partial charge in [-0.15, -0.1) is 0 Å². The van der Waals surface area contributed by atoms with Crippen LogP contribution in [0.1, 0.15) is 61.6 Å². The van der Waals surface area contributed by atoms with E-state index in [2.05, 4.69) is 66.4 Å². The van der Waals surface area contributed by atoms with Crippen LogP contribution < -0.4 is 0 Å². The molecule has 3 nitrogen and oxygen atoms in total. The van der Waals surface area contributed by atoms with E-state index in [0.717, 1.165) is 57.7 Å². The average molecular weight is 408 g/mol. The molecule has 4 rings (SSSR count). The van der Waals surface area contributed by atoms with Gasteiger partial charge in [-0.2, -0.15) is 0 Å². The minimum atomic E-state index is -0.855. The minimum Gasteiger partial charge on any atom is -0.384 e. The van der Waals surface area contributed by atoms with E-state index in [1.807, 2.05) is 0 Å². The molecular weight excluding hydrogens is 370 g/mol. The van der Waals surface area contributed by atoms with Crippen LogP contribution in [0, 0.1) is 5.92 Å². The fourth-order valence-electron chi connectivity index (χ4n) is 5.50. The highest BCUT2D eigenvalue weighted by Crippen LogP contribution is 2.48. The molecule has 1 heterocycles. The molecule has 1 saturated carbocycles. The van der Waals surface area contributed by atoms with E-state index in [1.165, 1.54) is 30.4 Å². The summed E-state index contributed by atoms with van der Waals surface area (Å²) in [6.45, 7) is 6.52. The van der Waals surface area contributed by atoms with Crippen molar-refractivity contribution in [1.29, 1.82) is 0 Å². The summed E-state index contributed by atoms with van der Waals surface area (Å²) >= 11 is 0. The molecule has 2 aliphatic rings. The maximum atomic E-state index is 12.7. The second-order valence-corrected chi connectivity index (χ2v) is 9.09. The minimum absolute atomic E-state index is 0.0485. The molecule has 2 fully saturated rings. The molecule has 0 radical (unpaired) electrons. The van der Waals surface area contributed by atoms with Gasteiger partial charge in [0.1, 0.15) is 5.60 Å². The van der Waals surface area contributed by atoms with Crippen LogP contribution in [0.3, 0.4) is 0 Å². The SMILES string of the molecule is CCc1ccc([C@](O)(C2CCCCC2)[C@@H](CN2CCOCC2)c2ccccc2)cc1. The number of morpholine rings is 1. The highest BCUT2D eigenvalue weighted by Gasteiger charge is 2.46. The molecule has 2 aromatic carbocycles. The van der Waals surface area contributed by atoms with Gasteiger partial charge in [0.2, 0.25) is 0 Å². The Balaban J connectivity index is 1.76. The Morgan fingerprint density at radius 3 is 2.27 bits per heavy atom. The molecule has 30 heavy (non-hydrogen) atoms. The average Bonchev–Trinajstić information content (AvgIpc) is 2.84. The molecule has 162 valence electrons. The van der Waals surface area contributed by atoms with Crippen LogP contribution in [-0.2, 0) is 16.8 Å². The molecule has 1 aliphatic carbocycles. The summed E-state index contributed by atoms with van der Waals surface area (Å²) < 4.78 is 5.59. The topological polar surface area (TPSA) is 32.7 Å². The lowest BCUT2D eigenvalue weighted by Gasteiger charge is -2.46. The third-order valence-corrected chi connectivity index (χ3v) is 7.33. The summed E-state index contributed by atoms with van der Waals surface area (Å²) in [6, 6.07) is 19.5. The third-order valence-electron chi connectivity index (χ3n) is 7.33. The Kier molecular flexibility index (Phi) is 7.24. The zero-order chi connectivity index (χ0) is 20.8. The van der Waals surface area contributed by atoms with Gasteiger partial charge >= 0.3 is 0 Å². The van der Waals surface area contributed by atoms with E-state index < -0.39 is 5.60 Å². The monoisotopic (exact) mass is 407 g/mol. The van der Waals surface area contributed by atoms with Crippen LogP contribution in [0.15, 0.2) is 54.6 Å². The second-order valence-electron chi connectivity index (χ2n) is 9.09. The second kappa shape index (κ2) is 10.1. The zero-order valence-corrected chi connectivity index (χ0v) is 18.4. The third kappa shape index (κ3) is 4.64. The lowest BCUT2D eigenvalue weighted by atomic mass is 9.65. The lowest BCUT2D eigenvalue weighted by Crippen LogP contribution is -2.48. The number of rotatable bonds is 7. The first-order chi connectivity index (χ1) is 14.7. The summed E-state index contributed by atoms with van der Waals surface area (Å²) in [6.07, 6.45) is 6.98. The Morgan fingerprint density at radius 2 is 1.63 bits per heavy atom. The lowest BCUT2D eigenvalue weighted by molar-refractivity contribution is -0.0758. The highest BCUT2D eigenvalue weighted by molar-refractivity contribution is 5.35. The highest BCUT2D eigenvalue weighted by atomic mass is 16.5. The van der Waals surface area contributed by atoms with E-state index >= 15 is 0 Å². The smallest absolute Gasteiger partial charge is 0.100 e. The molecule has 1 saturated heterocycles. The van der Waals surface area contributed by atoms with Gasteiger partial charge < -0.3 is 9.84 Å². The zero-order valence-electron chi connectivity index (χ0n) is 18.4. The normalized spacial score (nSPS) is 21.8. The van der Waals surface area contributed by atoms with Crippen molar-refractivity contribution >= 4 is 0 Å². The van der Waals surface area contributed by atoms with E-state index in [9.17, 15) is 5.11 Å².